The average molecular weight is 768 g/mol. The summed E-state index contributed by atoms with van der Waals surface area (Å²) in [5.74, 6) is 1.42. The van der Waals surface area contributed by atoms with Crippen LogP contribution >= 0.6 is 10.8 Å². The number of nitrogens with zero attached hydrogens (tertiary/aromatic N) is 7. The first-order valence-electron chi connectivity index (χ1n) is 18.8. The summed E-state index contributed by atoms with van der Waals surface area (Å²) in [7, 11) is -1.39. The summed E-state index contributed by atoms with van der Waals surface area (Å²) in [4.78, 5) is 28.8. The van der Waals surface area contributed by atoms with E-state index in [1.807, 2.05) is 157 Å². The summed E-state index contributed by atoms with van der Waals surface area (Å²) < 4.78 is 15.7. The van der Waals surface area contributed by atoms with Crippen LogP contribution < -0.4 is 9.80 Å². The molecular formula is C49H33N7OS. The minimum atomic E-state index is -1.39. The number of hydrogen-bond acceptors (Lipinski definition) is 8. The van der Waals surface area contributed by atoms with Gasteiger partial charge in [-0.2, -0.15) is 9.97 Å². The number of hydrogen-bond donors (Lipinski definition) is 0. The molecule has 0 saturated carbocycles. The fourth-order valence-electron chi connectivity index (χ4n) is 7.34. The van der Waals surface area contributed by atoms with Crippen LogP contribution in [0, 0.1) is 0 Å². The molecule has 9 heteroatoms. The Balaban J connectivity index is 1.22. The van der Waals surface area contributed by atoms with Crippen molar-refractivity contribution in [2.75, 3.05) is 9.80 Å². The summed E-state index contributed by atoms with van der Waals surface area (Å²) in [6, 6.07) is 62.5. The topological polar surface area (TPSA) is 94.0 Å². The predicted molar refractivity (Wildman–Crippen MR) is 235 cm³/mol. The van der Waals surface area contributed by atoms with Gasteiger partial charge in [0.05, 0.1) is 23.3 Å². The third-order valence-corrected chi connectivity index (χ3v) is 11.5. The predicted octanol–water partition coefficient (Wildman–Crippen LogP) is 12.6. The molecule has 8 nitrogen and oxygen atoms in total. The van der Waals surface area contributed by atoms with E-state index in [9.17, 15) is 4.55 Å². The Morgan fingerprint density at radius 1 is 0.431 bits per heavy atom. The van der Waals surface area contributed by atoms with Crippen LogP contribution in [-0.2, 0) is 0 Å². The van der Waals surface area contributed by atoms with Gasteiger partial charge in [0, 0.05) is 56.7 Å². The van der Waals surface area contributed by atoms with Crippen LogP contribution in [0.5, 0.6) is 0 Å². The number of aromatic nitrogens is 5. The minimum Gasteiger partial charge on any atom is -0.590 e. The zero-order valence-corrected chi connectivity index (χ0v) is 31.8. The Kier molecular flexibility index (Phi) is 9.11. The largest absolute Gasteiger partial charge is 0.590 e. The fourth-order valence-corrected chi connectivity index (χ4v) is 8.70. The lowest BCUT2D eigenvalue weighted by atomic mass is 10.1. The van der Waals surface area contributed by atoms with Gasteiger partial charge in [-0.25, -0.2) is 15.0 Å². The molecule has 1 atom stereocenters. The van der Waals surface area contributed by atoms with Gasteiger partial charge < -0.3 is 9.45 Å². The number of anilines is 6. The first-order valence-corrected chi connectivity index (χ1v) is 20.0. The number of fused-ring (bicyclic) bond motifs is 3. The molecule has 3 heterocycles. The third kappa shape index (κ3) is 6.50. The lowest BCUT2D eigenvalue weighted by Crippen LogP contribution is -2.17. The van der Waals surface area contributed by atoms with E-state index in [4.69, 9.17) is 19.9 Å². The Morgan fingerprint density at radius 3 is 1.38 bits per heavy atom. The van der Waals surface area contributed by atoms with Gasteiger partial charge >= 0.3 is 0 Å². The van der Waals surface area contributed by atoms with Crippen LogP contribution in [0.2, 0.25) is 0 Å². The number of benzene rings is 7. The van der Waals surface area contributed by atoms with Gasteiger partial charge in [0.2, 0.25) is 5.95 Å². The first-order chi connectivity index (χ1) is 28.7. The maximum Gasteiger partial charge on any atom is 0.238 e. The van der Waals surface area contributed by atoms with Gasteiger partial charge in [-0.15, -0.1) is 0 Å². The summed E-state index contributed by atoms with van der Waals surface area (Å²) in [6.07, 6.45) is 3.34. The summed E-state index contributed by atoms with van der Waals surface area (Å²) >= 11 is 0. The maximum atomic E-state index is 14.2. The van der Waals surface area contributed by atoms with Crippen molar-refractivity contribution in [1.29, 1.82) is 0 Å². The van der Waals surface area contributed by atoms with Crippen molar-refractivity contribution in [2.24, 2.45) is 0 Å². The molecule has 0 aliphatic heterocycles. The SMILES string of the molecule is [O-][s+]1c2ccc(N(c3ccccc3)c3ccccc3)cc2c2cc(N(c3nc(-c4ccccc4)nc(-c4ccccc4)n3)c3cncnc3-c3ccccc3)ccc21. The van der Waals surface area contributed by atoms with E-state index in [0.717, 1.165) is 59.6 Å². The van der Waals surface area contributed by atoms with E-state index >= 15 is 0 Å². The van der Waals surface area contributed by atoms with E-state index < -0.39 is 10.8 Å². The van der Waals surface area contributed by atoms with Crippen LogP contribution in [0.1, 0.15) is 0 Å². The van der Waals surface area contributed by atoms with E-state index in [-0.39, 0.29) is 0 Å². The third-order valence-electron chi connectivity index (χ3n) is 10.0. The van der Waals surface area contributed by atoms with Crippen LogP contribution in [0.25, 0.3) is 54.2 Å². The van der Waals surface area contributed by atoms with E-state index in [0.29, 0.717) is 29.0 Å². The molecule has 0 aliphatic rings. The van der Waals surface area contributed by atoms with Crippen LogP contribution in [0.15, 0.2) is 201 Å². The normalized spacial score (nSPS) is 11.5. The molecule has 0 fully saturated rings. The summed E-state index contributed by atoms with van der Waals surface area (Å²) in [6.45, 7) is 0. The highest BCUT2D eigenvalue weighted by atomic mass is 32.2. The monoisotopic (exact) mass is 767 g/mol. The van der Waals surface area contributed by atoms with Crippen LogP contribution in [0.3, 0.4) is 0 Å². The van der Waals surface area contributed by atoms with Gasteiger partial charge in [0.1, 0.15) is 6.33 Å². The van der Waals surface area contributed by atoms with Gasteiger partial charge in [-0.3, -0.25) is 4.90 Å². The molecular weight excluding hydrogens is 735 g/mol. The lowest BCUT2D eigenvalue weighted by Gasteiger charge is -2.25. The second-order valence-electron chi connectivity index (χ2n) is 13.6. The smallest absolute Gasteiger partial charge is 0.238 e. The Labute approximate surface area is 337 Å². The Hall–Kier alpha value is -7.59. The fraction of sp³-hybridized carbons (Fsp3) is 0. The molecule has 0 spiro atoms. The number of para-hydroxylation sites is 2. The van der Waals surface area contributed by atoms with Gasteiger partial charge in [-0.05, 0) is 59.3 Å². The standard InChI is InChI=1S/C49H33N7OS/c57-58-44-28-26-39(55(37-22-12-4-13-23-37)38-24-14-5-15-25-38)30-41(44)42-31-40(27-29-45(42)58)56(43-32-50-33-51-46(43)34-16-6-1-7-17-34)49-53-47(35-18-8-2-9-19-35)52-48(54-49)36-20-10-3-11-21-36/h1-33H. The zero-order valence-electron chi connectivity index (χ0n) is 31.0. The molecule has 10 aromatic rings. The molecule has 0 amide bonds. The second-order valence-corrected chi connectivity index (χ2v) is 15.0. The molecule has 276 valence electrons. The number of thiophene rings is 1. The summed E-state index contributed by atoms with van der Waals surface area (Å²) in [5.41, 5.74) is 7.71. The Bertz CT molecular complexity index is 2920. The van der Waals surface area contributed by atoms with Crippen molar-refractivity contribution < 1.29 is 4.55 Å². The molecule has 0 radical (unpaired) electrons. The van der Waals surface area contributed by atoms with Gasteiger partial charge in [0.15, 0.2) is 21.0 Å². The Morgan fingerprint density at radius 2 is 0.879 bits per heavy atom. The van der Waals surface area contributed by atoms with Crippen molar-refractivity contribution in [3.63, 3.8) is 0 Å². The highest BCUT2D eigenvalue weighted by Crippen LogP contribution is 2.47. The van der Waals surface area contributed by atoms with Crippen molar-refractivity contribution in [2.45, 2.75) is 0 Å². The second kappa shape index (κ2) is 15.2. The molecule has 0 saturated heterocycles. The van der Waals surface area contributed by atoms with Gasteiger partial charge in [-0.1, -0.05) is 127 Å². The van der Waals surface area contributed by atoms with E-state index in [1.165, 1.54) is 0 Å². The van der Waals surface area contributed by atoms with Gasteiger partial charge in [0.25, 0.3) is 0 Å². The van der Waals surface area contributed by atoms with E-state index in [2.05, 4.69) is 46.3 Å². The summed E-state index contributed by atoms with van der Waals surface area (Å²) in [5, 5.41) is 1.75. The molecule has 0 N–H and O–H groups in total. The highest BCUT2D eigenvalue weighted by Gasteiger charge is 2.26. The van der Waals surface area contributed by atoms with Crippen molar-refractivity contribution >= 4 is 65.3 Å². The minimum absolute atomic E-state index is 0.382. The molecule has 7 aromatic carbocycles. The lowest BCUT2D eigenvalue weighted by molar-refractivity contribution is 0.602. The van der Waals surface area contributed by atoms with E-state index in [1.54, 1.807) is 12.5 Å². The molecule has 58 heavy (non-hydrogen) atoms. The zero-order chi connectivity index (χ0) is 38.8. The molecule has 0 bridgehead atoms. The highest BCUT2D eigenvalue weighted by molar-refractivity contribution is 7.37. The van der Waals surface area contributed by atoms with Crippen LogP contribution in [-0.4, -0.2) is 29.5 Å². The number of rotatable bonds is 9. The first kappa shape index (κ1) is 34.9. The molecule has 0 aliphatic carbocycles. The quantitative estimate of drug-likeness (QED) is 0.134. The van der Waals surface area contributed by atoms with Crippen molar-refractivity contribution in [1.82, 2.24) is 24.9 Å². The maximum absolute atomic E-state index is 14.2. The van der Waals surface area contributed by atoms with Crippen molar-refractivity contribution in [3.8, 4) is 34.0 Å². The van der Waals surface area contributed by atoms with Crippen molar-refractivity contribution in [3.05, 3.63) is 201 Å². The molecule has 1 unspecified atom stereocenters. The molecule has 3 aromatic heterocycles. The van der Waals surface area contributed by atoms with Crippen LogP contribution in [0.4, 0.5) is 34.4 Å². The molecule has 10 rings (SSSR count). The average Bonchev–Trinajstić information content (AvgIpc) is 3.58.